The van der Waals surface area contributed by atoms with E-state index in [0.717, 1.165) is 0 Å². The van der Waals surface area contributed by atoms with Crippen LogP contribution in [0.4, 0.5) is 4.39 Å². The van der Waals surface area contributed by atoms with Crippen molar-refractivity contribution in [2.45, 2.75) is 19.9 Å². The first kappa shape index (κ1) is 14.2. The maximum Gasteiger partial charge on any atom is 0.256 e. The van der Waals surface area contributed by atoms with Gasteiger partial charge in [0.15, 0.2) is 0 Å². The molecule has 0 atom stereocenters. The Labute approximate surface area is 106 Å². The van der Waals surface area contributed by atoms with Gasteiger partial charge in [-0.15, -0.1) is 0 Å². The van der Waals surface area contributed by atoms with E-state index in [0.29, 0.717) is 5.56 Å². The molecule has 0 spiro atoms. The Bertz CT molecular complexity index is 500. The van der Waals surface area contributed by atoms with Crippen LogP contribution in [0.1, 0.15) is 29.8 Å². The van der Waals surface area contributed by atoms with E-state index in [1.165, 1.54) is 17.0 Å². The average molecular weight is 249 g/mol. The van der Waals surface area contributed by atoms with E-state index in [1.54, 1.807) is 13.1 Å². The smallest absolute Gasteiger partial charge is 0.256 e. The molecular formula is C14H16FNO2. The molecule has 0 aliphatic heterocycles. The lowest BCUT2D eigenvalue weighted by Gasteiger charge is -2.21. The molecule has 96 valence electrons. The fourth-order valence-corrected chi connectivity index (χ4v) is 1.33. The highest BCUT2D eigenvalue weighted by Gasteiger charge is 2.18. The summed E-state index contributed by atoms with van der Waals surface area (Å²) in [5.41, 5.74) is 0.464. The minimum Gasteiger partial charge on any atom is -0.384 e. The van der Waals surface area contributed by atoms with Crippen molar-refractivity contribution in [3.63, 3.8) is 0 Å². The summed E-state index contributed by atoms with van der Waals surface area (Å²) in [5.74, 6) is 4.06. The van der Waals surface area contributed by atoms with Crippen molar-refractivity contribution in [1.82, 2.24) is 4.90 Å². The first-order valence-corrected chi connectivity index (χ1v) is 5.63. The SMILES string of the molecule is CC(C)N(C)C(=O)c1ccc(C#CCO)cc1F. The maximum absolute atomic E-state index is 13.8. The van der Waals surface area contributed by atoms with Crippen molar-refractivity contribution in [3.8, 4) is 11.8 Å². The highest BCUT2D eigenvalue weighted by atomic mass is 19.1. The number of carbonyl (C=O) groups excluding carboxylic acids is 1. The quantitative estimate of drug-likeness (QED) is 0.810. The van der Waals surface area contributed by atoms with E-state index in [9.17, 15) is 9.18 Å². The van der Waals surface area contributed by atoms with E-state index in [4.69, 9.17) is 5.11 Å². The largest absolute Gasteiger partial charge is 0.384 e. The number of rotatable bonds is 2. The first-order chi connectivity index (χ1) is 8.47. The molecule has 1 N–H and O–H groups in total. The average Bonchev–Trinajstić information content (AvgIpc) is 2.34. The van der Waals surface area contributed by atoms with Crippen molar-refractivity contribution >= 4 is 5.91 Å². The van der Waals surface area contributed by atoms with Gasteiger partial charge in [0, 0.05) is 18.7 Å². The molecule has 0 saturated carbocycles. The summed E-state index contributed by atoms with van der Waals surface area (Å²) in [4.78, 5) is 13.4. The van der Waals surface area contributed by atoms with Crippen molar-refractivity contribution in [2.75, 3.05) is 13.7 Å². The Kier molecular flexibility index (Phi) is 4.87. The summed E-state index contributed by atoms with van der Waals surface area (Å²) in [6.45, 7) is 3.44. The molecule has 1 aromatic rings. The van der Waals surface area contributed by atoms with Gasteiger partial charge >= 0.3 is 0 Å². The summed E-state index contributed by atoms with van der Waals surface area (Å²) in [7, 11) is 1.63. The van der Waals surface area contributed by atoms with Crippen LogP contribution in [0, 0.1) is 17.7 Å². The number of hydrogen-bond donors (Lipinski definition) is 1. The second-order valence-corrected chi connectivity index (χ2v) is 4.16. The number of aliphatic hydroxyl groups is 1. The molecule has 0 saturated heterocycles. The van der Waals surface area contributed by atoms with Crippen molar-refractivity contribution in [2.24, 2.45) is 0 Å². The van der Waals surface area contributed by atoms with Gasteiger partial charge < -0.3 is 10.0 Å². The van der Waals surface area contributed by atoms with Crippen LogP contribution in [-0.2, 0) is 0 Å². The fourth-order valence-electron chi connectivity index (χ4n) is 1.33. The second kappa shape index (κ2) is 6.18. The van der Waals surface area contributed by atoms with Gasteiger partial charge in [-0.2, -0.15) is 0 Å². The number of aliphatic hydroxyl groups excluding tert-OH is 1. The normalized spacial score (nSPS) is 9.89. The lowest BCUT2D eigenvalue weighted by Crippen LogP contribution is -2.33. The number of hydrogen-bond acceptors (Lipinski definition) is 2. The Balaban J connectivity index is 3.02. The third-order valence-electron chi connectivity index (χ3n) is 2.61. The Morgan fingerprint density at radius 1 is 1.50 bits per heavy atom. The van der Waals surface area contributed by atoms with Gasteiger partial charge in [0.1, 0.15) is 12.4 Å². The summed E-state index contributed by atoms with van der Waals surface area (Å²) < 4.78 is 13.8. The highest BCUT2D eigenvalue weighted by Crippen LogP contribution is 2.13. The fraction of sp³-hybridized carbons (Fsp3) is 0.357. The molecule has 0 bridgehead atoms. The summed E-state index contributed by atoms with van der Waals surface area (Å²) >= 11 is 0. The summed E-state index contributed by atoms with van der Waals surface area (Å²) in [6, 6.07) is 4.18. The van der Waals surface area contributed by atoms with Crippen LogP contribution in [0.15, 0.2) is 18.2 Å². The van der Waals surface area contributed by atoms with Gasteiger partial charge in [0.2, 0.25) is 0 Å². The molecule has 1 rings (SSSR count). The molecule has 0 aliphatic carbocycles. The highest BCUT2D eigenvalue weighted by molar-refractivity contribution is 5.94. The maximum atomic E-state index is 13.8. The van der Waals surface area contributed by atoms with Crippen LogP contribution in [0.5, 0.6) is 0 Å². The molecule has 0 unspecified atom stereocenters. The molecule has 1 amide bonds. The zero-order valence-electron chi connectivity index (χ0n) is 10.7. The molecule has 3 nitrogen and oxygen atoms in total. The topological polar surface area (TPSA) is 40.5 Å². The summed E-state index contributed by atoms with van der Waals surface area (Å²) in [6.07, 6.45) is 0. The molecule has 0 radical (unpaired) electrons. The lowest BCUT2D eigenvalue weighted by molar-refractivity contribution is 0.0750. The van der Waals surface area contributed by atoms with Crippen LogP contribution in [0.25, 0.3) is 0 Å². The van der Waals surface area contributed by atoms with Crippen LogP contribution in [-0.4, -0.2) is 35.6 Å². The van der Waals surface area contributed by atoms with Crippen LogP contribution in [0.3, 0.4) is 0 Å². The number of carbonyl (C=O) groups is 1. The van der Waals surface area contributed by atoms with Gasteiger partial charge in [0.25, 0.3) is 5.91 Å². The van der Waals surface area contributed by atoms with E-state index in [-0.39, 0.29) is 24.1 Å². The van der Waals surface area contributed by atoms with E-state index in [1.807, 2.05) is 13.8 Å². The Hall–Kier alpha value is -1.86. The second-order valence-electron chi connectivity index (χ2n) is 4.16. The summed E-state index contributed by atoms with van der Waals surface area (Å²) in [5, 5.41) is 8.55. The molecule has 18 heavy (non-hydrogen) atoms. The number of halogens is 1. The molecule has 0 fully saturated rings. The van der Waals surface area contributed by atoms with Gasteiger partial charge in [0.05, 0.1) is 5.56 Å². The van der Waals surface area contributed by atoms with E-state index >= 15 is 0 Å². The standard InChI is InChI=1S/C14H16FNO2/c1-10(2)16(3)14(18)12-7-6-11(5-4-8-17)9-13(12)15/h6-7,9-10,17H,8H2,1-3H3. The van der Waals surface area contributed by atoms with Crippen molar-refractivity contribution in [1.29, 1.82) is 0 Å². The third-order valence-corrected chi connectivity index (χ3v) is 2.61. The Morgan fingerprint density at radius 2 is 2.17 bits per heavy atom. The monoisotopic (exact) mass is 249 g/mol. The lowest BCUT2D eigenvalue weighted by atomic mass is 10.1. The third kappa shape index (κ3) is 3.31. The van der Waals surface area contributed by atoms with Gasteiger partial charge in [-0.1, -0.05) is 11.8 Å². The minimum absolute atomic E-state index is 0.00533. The molecule has 0 aromatic heterocycles. The van der Waals surface area contributed by atoms with Crippen molar-refractivity contribution in [3.05, 3.63) is 35.1 Å². The van der Waals surface area contributed by atoms with E-state index < -0.39 is 5.82 Å². The van der Waals surface area contributed by atoms with Crippen LogP contribution >= 0.6 is 0 Å². The molecule has 4 heteroatoms. The van der Waals surface area contributed by atoms with Gasteiger partial charge in [-0.3, -0.25) is 4.79 Å². The predicted octanol–water partition coefficient (Wildman–Crippen LogP) is 1.65. The zero-order valence-corrected chi connectivity index (χ0v) is 10.7. The van der Waals surface area contributed by atoms with Gasteiger partial charge in [-0.05, 0) is 32.0 Å². The van der Waals surface area contributed by atoms with Crippen LogP contribution in [0.2, 0.25) is 0 Å². The molecular weight excluding hydrogens is 233 g/mol. The van der Waals surface area contributed by atoms with E-state index in [2.05, 4.69) is 11.8 Å². The number of benzene rings is 1. The number of amides is 1. The molecule has 0 heterocycles. The van der Waals surface area contributed by atoms with Gasteiger partial charge in [-0.25, -0.2) is 4.39 Å². The molecule has 0 aliphatic rings. The first-order valence-electron chi connectivity index (χ1n) is 5.63. The zero-order chi connectivity index (χ0) is 13.7. The predicted molar refractivity (Wildman–Crippen MR) is 67.6 cm³/mol. The Morgan fingerprint density at radius 3 is 2.67 bits per heavy atom. The van der Waals surface area contributed by atoms with Crippen molar-refractivity contribution < 1.29 is 14.3 Å². The number of nitrogens with zero attached hydrogens (tertiary/aromatic N) is 1. The molecule has 1 aromatic carbocycles. The minimum atomic E-state index is -0.600. The van der Waals surface area contributed by atoms with Crippen LogP contribution < -0.4 is 0 Å².